The molecular formula is C20H24N2O3. The summed E-state index contributed by atoms with van der Waals surface area (Å²) in [5.41, 5.74) is 4.54. The molecule has 132 valence electrons. The van der Waals surface area contributed by atoms with E-state index in [4.69, 9.17) is 9.47 Å². The molecule has 0 saturated carbocycles. The normalized spacial score (nSPS) is 12.0. The van der Waals surface area contributed by atoms with Crippen molar-refractivity contribution in [2.75, 3.05) is 13.7 Å². The summed E-state index contributed by atoms with van der Waals surface area (Å²) in [4.78, 5) is 11.8. The van der Waals surface area contributed by atoms with Gasteiger partial charge in [-0.05, 0) is 47.7 Å². The monoisotopic (exact) mass is 340 g/mol. The third-order valence-electron chi connectivity index (χ3n) is 3.93. The van der Waals surface area contributed by atoms with Crippen molar-refractivity contribution >= 4 is 12.1 Å². The van der Waals surface area contributed by atoms with Crippen molar-refractivity contribution < 1.29 is 14.3 Å². The lowest BCUT2D eigenvalue weighted by Gasteiger charge is -2.10. The molecule has 1 unspecified atom stereocenters. The first-order valence-electron chi connectivity index (χ1n) is 8.31. The molecule has 0 aliphatic carbocycles. The summed E-state index contributed by atoms with van der Waals surface area (Å²) in [5.74, 6) is 1.60. The van der Waals surface area contributed by atoms with Gasteiger partial charge in [-0.3, -0.25) is 4.79 Å². The van der Waals surface area contributed by atoms with E-state index >= 15 is 0 Å². The van der Waals surface area contributed by atoms with Gasteiger partial charge < -0.3 is 9.47 Å². The number of amides is 1. The Bertz CT molecular complexity index is 711. The summed E-state index contributed by atoms with van der Waals surface area (Å²) < 4.78 is 10.6. The highest BCUT2D eigenvalue weighted by Crippen LogP contribution is 2.21. The van der Waals surface area contributed by atoms with Gasteiger partial charge in [-0.25, -0.2) is 5.43 Å². The third kappa shape index (κ3) is 5.95. The Hall–Kier alpha value is -2.82. The van der Waals surface area contributed by atoms with Gasteiger partial charge in [0.15, 0.2) is 6.61 Å². The summed E-state index contributed by atoms with van der Waals surface area (Å²) in [6.07, 6.45) is 2.65. The number of carbonyl (C=O) groups excluding carboxylic acids is 1. The number of ether oxygens (including phenoxy) is 2. The second-order valence-electron chi connectivity index (χ2n) is 5.74. The minimum absolute atomic E-state index is 0.0852. The fourth-order valence-corrected chi connectivity index (χ4v) is 2.21. The van der Waals surface area contributed by atoms with Gasteiger partial charge in [0.2, 0.25) is 0 Å². The fraction of sp³-hybridized carbons (Fsp3) is 0.300. The van der Waals surface area contributed by atoms with Crippen LogP contribution in [0.4, 0.5) is 0 Å². The number of hydrogen-bond donors (Lipinski definition) is 1. The highest BCUT2D eigenvalue weighted by atomic mass is 16.5. The molecular weight excluding hydrogens is 316 g/mol. The number of benzene rings is 2. The van der Waals surface area contributed by atoms with Crippen molar-refractivity contribution in [1.29, 1.82) is 0 Å². The standard InChI is InChI=1S/C20H24N2O3/c1-4-15(2)17-8-10-18(11-9-17)25-14-20(23)22-21-13-16-6-5-7-19(12-16)24-3/h5-13,15H,4,14H2,1-3H3,(H,22,23). The molecule has 0 spiro atoms. The maximum absolute atomic E-state index is 11.8. The Balaban J connectivity index is 1.79. The van der Waals surface area contributed by atoms with Crippen LogP contribution in [0.3, 0.4) is 0 Å². The van der Waals surface area contributed by atoms with Crippen LogP contribution in [0, 0.1) is 0 Å². The summed E-state index contributed by atoms with van der Waals surface area (Å²) in [5, 5.41) is 3.92. The zero-order valence-electron chi connectivity index (χ0n) is 14.9. The molecule has 5 heteroatoms. The van der Waals surface area contributed by atoms with Crippen molar-refractivity contribution in [3.05, 3.63) is 59.7 Å². The van der Waals surface area contributed by atoms with Crippen LogP contribution in [0.25, 0.3) is 0 Å². The number of nitrogens with zero attached hydrogens (tertiary/aromatic N) is 1. The van der Waals surface area contributed by atoms with Crippen LogP contribution < -0.4 is 14.9 Å². The molecule has 25 heavy (non-hydrogen) atoms. The van der Waals surface area contributed by atoms with E-state index in [0.29, 0.717) is 11.7 Å². The van der Waals surface area contributed by atoms with E-state index in [1.807, 2.05) is 48.5 Å². The smallest absolute Gasteiger partial charge is 0.277 e. The Morgan fingerprint density at radius 2 is 1.96 bits per heavy atom. The van der Waals surface area contributed by atoms with Gasteiger partial charge in [0.05, 0.1) is 13.3 Å². The van der Waals surface area contributed by atoms with Crippen molar-refractivity contribution in [3.8, 4) is 11.5 Å². The number of hydrogen-bond acceptors (Lipinski definition) is 4. The van der Waals surface area contributed by atoms with E-state index in [0.717, 1.165) is 17.7 Å². The van der Waals surface area contributed by atoms with E-state index in [1.165, 1.54) is 5.56 Å². The summed E-state index contributed by atoms with van der Waals surface area (Å²) >= 11 is 0. The molecule has 1 atom stereocenters. The maximum atomic E-state index is 11.8. The van der Waals surface area contributed by atoms with Crippen LogP contribution in [0.5, 0.6) is 11.5 Å². The first-order chi connectivity index (χ1) is 12.1. The van der Waals surface area contributed by atoms with Gasteiger partial charge in [-0.15, -0.1) is 0 Å². The zero-order valence-corrected chi connectivity index (χ0v) is 14.9. The zero-order chi connectivity index (χ0) is 18.1. The molecule has 0 heterocycles. The van der Waals surface area contributed by atoms with Crippen LogP contribution in [-0.2, 0) is 4.79 Å². The first-order valence-corrected chi connectivity index (χ1v) is 8.31. The highest BCUT2D eigenvalue weighted by molar-refractivity contribution is 5.83. The summed E-state index contributed by atoms with van der Waals surface area (Å²) in [6, 6.07) is 15.2. The molecule has 0 radical (unpaired) electrons. The third-order valence-corrected chi connectivity index (χ3v) is 3.93. The van der Waals surface area contributed by atoms with E-state index in [-0.39, 0.29) is 12.5 Å². The predicted molar refractivity (Wildman–Crippen MR) is 99.4 cm³/mol. The summed E-state index contributed by atoms with van der Waals surface area (Å²) in [7, 11) is 1.60. The SMILES string of the molecule is CCC(C)c1ccc(OCC(=O)NN=Cc2cccc(OC)c2)cc1. The lowest BCUT2D eigenvalue weighted by molar-refractivity contribution is -0.123. The Morgan fingerprint density at radius 3 is 2.64 bits per heavy atom. The molecule has 0 aromatic heterocycles. The van der Waals surface area contributed by atoms with E-state index < -0.39 is 0 Å². The minimum atomic E-state index is -0.315. The van der Waals surface area contributed by atoms with E-state index in [1.54, 1.807) is 13.3 Å². The first kappa shape index (κ1) is 18.5. The average molecular weight is 340 g/mol. The Kier molecular flexibility index (Phi) is 7.01. The molecule has 5 nitrogen and oxygen atoms in total. The molecule has 0 bridgehead atoms. The highest BCUT2D eigenvalue weighted by Gasteiger charge is 2.04. The van der Waals surface area contributed by atoms with Gasteiger partial charge in [-0.2, -0.15) is 5.10 Å². The average Bonchev–Trinajstić information content (AvgIpc) is 2.66. The van der Waals surface area contributed by atoms with Gasteiger partial charge in [0.25, 0.3) is 5.91 Å². The minimum Gasteiger partial charge on any atom is -0.497 e. The maximum Gasteiger partial charge on any atom is 0.277 e. The van der Waals surface area contributed by atoms with Crippen molar-refractivity contribution in [3.63, 3.8) is 0 Å². The molecule has 0 aliphatic rings. The predicted octanol–water partition coefficient (Wildman–Crippen LogP) is 3.74. The van der Waals surface area contributed by atoms with Crippen molar-refractivity contribution in [1.82, 2.24) is 5.43 Å². The number of nitrogens with one attached hydrogen (secondary N) is 1. The second-order valence-corrected chi connectivity index (χ2v) is 5.74. The van der Waals surface area contributed by atoms with Gasteiger partial charge in [-0.1, -0.05) is 38.1 Å². The van der Waals surface area contributed by atoms with Gasteiger partial charge in [0, 0.05) is 0 Å². The number of rotatable bonds is 8. The molecule has 0 aliphatic heterocycles. The van der Waals surface area contributed by atoms with Gasteiger partial charge >= 0.3 is 0 Å². The van der Waals surface area contributed by atoms with Crippen LogP contribution >= 0.6 is 0 Å². The Labute approximate surface area is 148 Å². The number of hydrazone groups is 1. The van der Waals surface area contributed by atoms with Crippen molar-refractivity contribution in [2.45, 2.75) is 26.2 Å². The largest absolute Gasteiger partial charge is 0.497 e. The molecule has 0 fully saturated rings. The lowest BCUT2D eigenvalue weighted by Crippen LogP contribution is -2.24. The van der Waals surface area contributed by atoms with Crippen molar-refractivity contribution in [2.24, 2.45) is 5.10 Å². The molecule has 1 N–H and O–H groups in total. The molecule has 2 aromatic rings. The number of methoxy groups -OCH3 is 1. The number of carbonyl (C=O) groups is 1. The summed E-state index contributed by atoms with van der Waals surface area (Å²) in [6.45, 7) is 4.26. The lowest BCUT2D eigenvalue weighted by atomic mass is 9.99. The van der Waals surface area contributed by atoms with Crippen LogP contribution in [-0.4, -0.2) is 25.8 Å². The topological polar surface area (TPSA) is 59.9 Å². The second kappa shape index (κ2) is 9.47. The van der Waals surface area contributed by atoms with Crippen LogP contribution in [0.15, 0.2) is 53.6 Å². The fourth-order valence-electron chi connectivity index (χ4n) is 2.21. The van der Waals surface area contributed by atoms with Gasteiger partial charge in [0.1, 0.15) is 11.5 Å². The van der Waals surface area contributed by atoms with Crippen LogP contribution in [0.1, 0.15) is 37.3 Å². The molecule has 2 aromatic carbocycles. The van der Waals surface area contributed by atoms with Crippen LogP contribution in [0.2, 0.25) is 0 Å². The quantitative estimate of drug-likeness (QED) is 0.588. The molecule has 2 rings (SSSR count). The molecule has 1 amide bonds. The molecule has 0 saturated heterocycles. The Morgan fingerprint density at radius 1 is 1.20 bits per heavy atom. The van der Waals surface area contributed by atoms with E-state index in [9.17, 15) is 4.79 Å². The van der Waals surface area contributed by atoms with E-state index in [2.05, 4.69) is 24.4 Å².